The largest absolute Gasteiger partial charge is 0.469 e. The number of rotatable bonds is 8. The molecule has 152 valence electrons. The maximum atomic E-state index is 13.0. The zero-order valence-corrected chi connectivity index (χ0v) is 18.2. The molecule has 0 radical (unpaired) electrons. The minimum Gasteiger partial charge on any atom is -0.469 e. The first kappa shape index (κ1) is 21.2. The Hall–Kier alpha value is -2.51. The highest BCUT2D eigenvalue weighted by atomic mass is 32.2. The number of ether oxygens (including phenoxy) is 2. The van der Waals surface area contributed by atoms with Gasteiger partial charge in [-0.15, -0.1) is 22.7 Å². The number of carbonyl (C=O) groups is 3. The minimum atomic E-state index is -0.375. The van der Waals surface area contributed by atoms with Crippen molar-refractivity contribution < 1.29 is 23.9 Å². The number of hydrogen-bond donors (Lipinski definition) is 0. The summed E-state index contributed by atoms with van der Waals surface area (Å²) in [6.07, 6.45) is 2.57. The van der Waals surface area contributed by atoms with E-state index in [1.165, 1.54) is 36.9 Å². The third kappa shape index (κ3) is 4.57. The van der Waals surface area contributed by atoms with Crippen molar-refractivity contribution in [3.63, 3.8) is 0 Å². The number of esters is 2. The van der Waals surface area contributed by atoms with Gasteiger partial charge in [0.1, 0.15) is 4.88 Å². The standard InChI is InChI=1S/C22H22O5S2/c1-4-5-9-16(20(24)26-2)13-7-6-8-14(10-13)19(23)17-11-15-12-18(21(25)27-3)29-22(15)28-17/h6-8,10-12,16H,4-5,9H2,1-3H3. The molecule has 0 saturated carbocycles. The Bertz CT molecular complexity index is 1020. The summed E-state index contributed by atoms with van der Waals surface area (Å²) in [4.78, 5) is 38.0. The summed E-state index contributed by atoms with van der Waals surface area (Å²) in [5, 5.41) is 0.857. The number of unbranched alkanes of at least 4 members (excludes halogenated alkanes) is 1. The molecule has 29 heavy (non-hydrogen) atoms. The van der Waals surface area contributed by atoms with Crippen molar-refractivity contribution >= 4 is 49.8 Å². The zero-order valence-electron chi connectivity index (χ0n) is 16.5. The fraction of sp³-hybridized carbons (Fsp3) is 0.318. The molecule has 7 heteroatoms. The number of fused-ring (bicyclic) bond motifs is 1. The van der Waals surface area contributed by atoms with Gasteiger partial charge in [-0.2, -0.15) is 0 Å². The van der Waals surface area contributed by atoms with Crippen LogP contribution in [0.25, 0.3) is 9.40 Å². The van der Waals surface area contributed by atoms with Gasteiger partial charge < -0.3 is 9.47 Å². The Kier molecular flexibility index (Phi) is 6.82. The van der Waals surface area contributed by atoms with E-state index in [1.54, 1.807) is 30.3 Å². The Morgan fingerprint density at radius 3 is 2.38 bits per heavy atom. The molecule has 3 aromatic rings. The van der Waals surface area contributed by atoms with Crippen LogP contribution in [0.3, 0.4) is 0 Å². The highest BCUT2D eigenvalue weighted by molar-refractivity contribution is 7.39. The molecule has 0 bridgehead atoms. The third-order valence-electron chi connectivity index (χ3n) is 4.71. The summed E-state index contributed by atoms with van der Waals surface area (Å²) in [5.41, 5.74) is 1.33. The lowest BCUT2D eigenvalue weighted by molar-refractivity contribution is -0.142. The van der Waals surface area contributed by atoms with Gasteiger partial charge >= 0.3 is 11.9 Å². The van der Waals surface area contributed by atoms with Gasteiger partial charge in [0.2, 0.25) is 5.78 Å². The van der Waals surface area contributed by atoms with E-state index >= 15 is 0 Å². The lowest BCUT2D eigenvalue weighted by Crippen LogP contribution is -2.15. The molecule has 5 nitrogen and oxygen atoms in total. The molecule has 2 aromatic heterocycles. The molecule has 1 unspecified atom stereocenters. The zero-order chi connectivity index (χ0) is 21.0. The molecule has 0 aliphatic rings. The van der Waals surface area contributed by atoms with E-state index in [0.717, 1.165) is 27.8 Å². The van der Waals surface area contributed by atoms with Crippen LogP contribution in [0.15, 0.2) is 36.4 Å². The SMILES string of the molecule is CCCCC(C(=O)OC)c1cccc(C(=O)c2cc3cc(C(=O)OC)sc3s2)c1. The van der Waals surface area contributed by atoms with Crippen LogP contribution in [0.5, 0.6) is 0 Å². The van der Waals surface area contributed by atoms with E-state index < -0.39 is 0 Å². The molecule has 0 N–H and O–H groups in total. The molecule has 0 amide bonds. The van der Waals surface area contributed by atoms with E-state index in [2.05, 4.69) is 6.92 Å². The van der Waals surface area contributed by atoms with E-state index in [4.69, 9.17) is 9.47 Å². The van der Waals surface area contributed by atoms with Crippen LogP contribution >= 0.6 is 22.7 Å². The third-order valence-corrected chi connectivity index (χ3v) is 7.08. The van der Waals surface area contributed by atoms with Crippen LogP contribution in [-0.4, -0.2) is 31.9 Å². The lowest BCUT2D eigenvalue weighted by atomic mass is 9.91. The van der Waals surface area contributed by atoms with E-state index in [1.807, 2.05) is 6.07 Å². The van der Waals surface area contributed by atoms with Gasteiger partial charge in [0, 0.05) is 10.9 Å². The van der Waals surface area contributed by atoms with Gasteiger partial charge in [0.15, 0.2) is 0 Å². The molecule has 0 spiro atoms. The number of methoxy groups -OCH3 is 2. The molecule has 0 saturated heterocycles. The van der Waals surface area contributed by atoms with Crippen molar-refractivity contribution in [2.24, 2.45) is 0 Å². The van der Waals surface area contributed by atoms with Crippen molar-refractivity contribution in [3.8, 4) is 0 Å². The average molecular weight is 431 g/mol. The average Bonchev–Trinajstić information content (AvgIpc) is 3.32. The molecular formula is C22H22O5S2. The van der Waals surface area contributed by atoms with Crippen molar-refractivity contribution in [2.45, 2.75) is 32.1 Å². The van der Waals surface area contributed by atoms with Crippen LogP contribution in [0.1, 0.15) is 62.6 Å². The highest BCUT2D eigenvalue weighted by Gasteiger charge is 2.23. The van der Waals surface area contributed by atoms with Crippen LogP contribution in [0.2, 0.25) is 0 Å². The fourth-order valence-electron chi connectivity index (χ4n) is 3.16. The van der Waals surface area contributed by atoms with Crippen LogP contribution in [0, 0.1) is 0 Å². The van der Waals surface area contributed by atoms with Gasteiger partial charge in [-0.3, -0.25) is 9.59 Å². The van der Waals surface area contributed by atoms with Gasteiger partial charge in [-0.05, 0) is 30.2 Å². The Morgan fingerprint density at radius 2 is 1.72 bits per heavy atom. The Morgan fingerprint density at radius 1 is 1.00 bits per heavy atom. The lowest BCUT2D eigenvalue weighted by Gasteiger charge is -2.15. The fourth-order valence-corrected chi connectivity index (χ4v) is 5.49. The first-order valence-electron chi connectivity index (χ1n) is 9.32. The maximum absolute atomic E-state index is 13.0. The van der Waals surface area contributed by atoms with E-state index in [0.29, 0.717) is 21.7 Å². The van der Waals surface area contributed by atoms with Crippen molar-refractivity contribution in [1.82, 2.24) is 0 Å². The van der Waals surface area contributed by atoms with Gasteiger partial charge in [-0.1, -0.05) is 38.0 Å². The molecule has 0 aliphatic heterocycles. The summed E-state index contributed by atoms with van der Waals surface area (Å²) in [6.45, 7) is 2.07. The molecule has 1 atom stereocenters. The van der Waals surface area contributed by atoms with Gasteiger partial charge in [0.25, 0.3) is 0 Å². The summed E-state index contributed by atoms with van der Waals surface area (Å²) >= 11 is 2.68. The second-order valence-electron chi connectivity index (χ2n) is 6.63. The van der Waals surface area contributed by atoms with E-state index in [9.17, 15) is 14.4 Å². The first-order chi connectivity index (χ1) is 14.0. The number of benzene rings is 1. The summed E-state index contributed by atoms with van der Waals surface area (Å²) in [7, 11) is 2.73. The van der Waals surface area contributed by atoms with Crippen molar-refractivity contribution in [3.05, 3.63) is 57.3 Å². The molecule has 0 aliphatic carbocycles. The molecular weight excluding hydrogens is 408 g/mol. The molecule has 1 aromatic carbocycles. The van der Waals surface area contributed by atoms with Crippen LogP contribution in [-0.2, 0) is 14.3 Å². The Labute approximate surface area is 177 Å². The van der Waals surface area contributed by atoms with E-state index in [-0.39, 0.29) is 23.6 Å². The van der Waals surface area contributed by atoms with Gasteiger partial charge in [0.05, 0.1) is 29.0 Å². The maximum Gasteiger partial charge on any atom is 0.348 e. The smallest absolute Gasteiger partial charge is 0.348 e. The Balaban J connectivity index is 1.88. The summed E-state index contributed by atoms with van der Waals surface area (Å²) in [6, 6.07) is 10.8. The topological polar surface area (TPSA) is 69.7 Å². The van der Waals surface area contributed by atoms with Crippen molar-refractivity contribution in [1.29, 1.82) is 0 Å². The number of ketones is 1. The second-order valence-corrected chi connectivity index (χ2v) is 8.99. The summed E-state index contributed by atoms with van der Waals surface area (Å²) in [5.74, 6) is -1.13. The minimum absolute atomic E-state index is 0.0982. The normalized spacial score (nSPS) is 12.0. The van der Waals surface area contributed by atoms with Crippen LogP contribution in [0.4, 0.5) is 0 Å². The van der Waals surface area contributed by atoms with Gasteiger partial charge in [-0.25, -0.2) is 4.79 Å². The number of carbonyl (C=O) groups excluding carboxylic acids is 3. The predicted octanol–water partition coefficient (Wildman–Crippen LogP) is 5.43. The number of thiophene rings is 2. The molecule has 2 heterocycles. The highest BCUT2D eigenvalue weighted by Crippen LogP contribution is 2.35. The molecule has 0 fully saturated rings. The van der Waals surface area contributed by atoms with Crippen LogP contribution < -0.4 is 0 Å². The van der Waals surface area contributed by atoms with Crippen molar-refractivity contribution in [2.75, 3.05) is 14.2 Å². The monoisotopic (exact) mass is 430 g/mol. The first-order valence-corrected chi connectivity index (χ1v) is 11.0. The second kappa shape index (κ2) is 9.33. The number of hydrogen-bond acceptors (Lipinski definition) is 7. The quantitative estimate of drug-likeness (QED) is 0.352. The predicted molar refractivity (Wildman–Crippen MR) is 115 cm³/mol. The molecule has 3 rings (SSSR count). The summed E-state index contributed by atoms with van der Waals surface area (Å²) < 4.78 is 10.6.